The van der Waals surface area contributed by atoms with E-state index in [1.165, 1.54) is 25.9 Å². The van der Waals surface area contributed by atoms with Gasteiger partial charge in [-0.3, -0.25) is 4.90 Å². The van der Waals surface area contributed by atoms with Crippen molar-refractivity contribution in [1.29, 1.82) is 0 Å². The molecule has 0 spiro atoms. The first-order valence-corrected chi connectivity index (χ1v) is 5.22. The zero-order valence-corrected chi connectivity index (χ0v) is 8.55. The van der Waals surface area contributed by atoms with Gasteiger partial charge in [0.2, 0.25) is 0 Å². The van der Waals surface area contributed by atoms with Gasteiger partial charge in [-0.1, -0.05) is 20.8 Å². The Morgan fingerprint density at radius 3 is 2.00 bits per heavy atom. The average molecular weight is 171 g/mol. The van der Waals surface area contributed by atoms with Crippen LogP contribution in [-0.4, -0.2) is 30.3 Å². The molecular formula is C10H21NO. The Hall–Kier alpha value is -0.0800. The molecule has 0 N–H and O–H groups in total. The van der Waals surface area contributed by atoms with Crippen LogP contribution in [0.1, 0.15) is 40.0 Å². The Labute approximate surface area is 75.9 Å². The molecule has 1 aliphatic heterocycles. The van der Waals surface area contributed by atoms with E-state index in [0.29, 0.717) is 12.3 Å². The summed E-state index contributed by atoms with van der Waals surface area (Å²) in [7, 11) is 0. The highest BCUT2D eigenvalue weighted by molar-refractivity contribution is 4.83. The third kappa shape index (κ3) is 2.46. The largest absolute Gasteiger partial charge is 0.353 e. The third-order valence-corrected chi connectivity index (χ3v) is 2.34. The second-order valence-electron chi connectivity index (χ2n) is 3.51. The van der Waals surface area contributed by atoms with Gasteiger partial charge in [-0.2, -0.15) is 0 Å². The van der Waals surface area contributed by atoms with Gasteiger partial charge < -0.3 is 4.74 Å². The first-order valence-electron chi connectivity index (χ1n) is 5.22. The van der Waals surface area contributed by atoms with Crippen molar-refractivity contribution in [3.63, 3.8) is 0 Å². The average Bonchev–Trinajstić information content (AvgIpc) is 2.83. The molecular weight excluding hydrogens is 150 g/mol. The fourth-order valence-electron chi connectivity index (χ4n) is 1.69. The normalized spacial score (nSPS) is 28.0. The molecule has 1 heterocycles. The SMILES string of the molecule is CCCN(CCC)[C@H]1OC1CC. The molecule has 0 aliphatic carbocycles. The lowest BCUT2D eigenvalue weighted by Gasteiger charge is -2.18. The summed E-state index contributed by atoms with van der Waals surface area (Å²) in [4.78, 5) is 2.47. The molecule has 2 nitrogen and oxygen atoms in total. The van der Waals surface area contributed by atoms with Crippen molar-refractivity contribution >= 4 is 0 Å². The number of epoxide rings is 1. The summed E-state index contributed by atoms with van der Waals surface area (Å²) < 4.78 is 5.56. The van der Waals surface area contributed by atoms with E-state index in [1.54, 1.807) is 0 Å². The predicted molar refractivity (Wildman–Crippen MR) is 51.1 cm³/mol. The Balaban J connectivity index is 2.24. The number of hydrogen-bond donors (Lipinski definition) is 0. The van der Waals surface area contributed by atoms with Crippen LogP contribution in [0, 0.1) is 0 Å². The van der Waals surface area contributed by atoms with Crippen molar-refractivity contribution in [3.05, 3.63) is 0 Å². The van der Waals surface area contributed by atoms with Gasteiger partial charge >= 0.3 is 0 Å². The zero-order chi connectivity index (χ0) is 8.97. The van der Waals surface area contributed by atoms with Crippen molar-refractivity contribution in [3.8, 4) is 0 Å². The lowest BCUT2D eigenvalue weighted by molar-refractivity contribution is 0.175. The molecule has 1 fully saturated rings. The van der Waals surface area contributed by atoms with Crippen LogP contribution >= 0.6 is 0 Å². The summed E-state index contributed by atoms with van der Waals surface area (Å²) in [6, 6.07) is 0. The van der Waals surface area contributed by atoms with Crippen LogP contribution in [-0.2, 0) is 4.74 Å². The van der Waals surface area contributed by atoms with Crippen LogP contribution in [0.4, 0.5) is 0 Å². The predicted octanol–water partition coefficient (Wildman–Crippen LogP) is 2.24. The van der Waals surface area contributed by atoms with Crippen molar-refractivity contribution in [2.24, 2.45) is 0 Å². The van der Waals surface area contributed by atoms with Crippen molar-refractivity contribution in [2.45, 2.75) is 52.4 Å². The highest BCUT2D eigenvalue weighted by Gasteiger charge is 2.41. The maximum atomic E-state index is 5.56. The van der Waals surface area contributed by atoms with Gasteiger partial charge in [0, 0.05) is 13.1 Å². The molecule has 0 saturated carbocycles. The highest BCUT2D eigenvalue weighted by Crippen LogP contribution is 2.28. The van der Waals surface area contributed by atoms with Gasteiger partial charge in [-0.15, -0.1) is 0 Å². The highest BCUT2D eigenvalue weighted by atomic mass is 16.6. The summed E-state index contributed by atoms with van der Waals surface area (Å²) in [6.45, 7) is 9.03. The second-order valence-corrected chi connectivity index (χ2v) is 3.51. The molecule has 1 aliphatic rings. The van der Waals surface area contributed by atoms with E-state index in [2.05, 4.69) is 25.7 Å². The molecule has 0 aromatic carbocycles. The number of hydrogen-bond acceptors (Lipinski definition) is 2. The lowest BCUT2D eigenvalue weighted by atomic mass is 10.3. The smallest absolute Gasteiger partial charge is 0.137 e. The Bertz CT molecular complexity index is 121. The van der Waals surface area contributed by atoms with E-state index in [-0.39, 0.29) is 0 Å². The van der Waals surface area contributed by atoms with Gasteiger partial charge in [0.05, 0.1) is 6.10 Å². The molecule has 12 heavy (non-hydrogen) atoms. The number of ether oxygens (including phenoxy) is 1. The van der Waals surface area contributed by atoms with E-state index in [9.17, 15) is 0 Å². The molecule has 1 saturated heterocycles. The molecule has 0 aromatic heterocycles. The monoisotopic (exact) mass is 171 g/mol. The summed E-state index contributed by atoms with van der Waals surface area (Å²) in [5.41, 5.74) is 0. The minimum Gasteiger partial charge on any atom is -0.353 e. The zero-order valence-electron chi connectivity index (χ0n) is 8.55. The summed E-state index contributed by atoms with van der Waals surface area (Å²) >= 11 is 0. The minimum absolute atomic E-state index is 0.454. The second kappa shape index (κ2) is 4.83. The lowest BCUT2D eigenvalue weighted by Crippen LogP contribution is -2.29. The van der Waals surface area contributed by atoms with Gasteiger partial charge in [-0.25, -0.2) is 0 Å². The molecule has 0 radical (unpaired) electrons. The number of rotatable bonds is 6. The van der Waals surface area contributed by atoms with E-state index in [1.807, 2.05) is 0 Å². The molecule has 1 rings (SSSR count). The minimum atomic E-state index is 0.454. The van der Waals surface area contributed by atoms with E-state index < -0.39 is 0 Å². The standard InChI is InChI=1S/C10H21NO/c1-4-7-11(8-5-2)10-9(6-3)12-10/h9-10H,4-8H2,1-3H3/t9?,10-/m0/s1. The molecule has 72 valence electrons. The first kappa shape index (κ1) is 10.0. The van der Waals surface area contributed by atoms with Crippen LogP contribution in [0.2, 0.25) is 0 Å². The van der Waals surface area contributed by atoms with Gasteiger partial charge in [0.25, 0.3) is 0 Å². The fraction of sp³-hybridized carbons (Fsp3) is 1.00. The topological polar surface area (TPSA) is 15.8 Å². The van der Waals surface area contributed by atoms with Crippen LogP contribution in [0.15, 0.2) is 0 Å². The van der Waals surface area contributed by atoms with Crippen molar-refractivity contribution in [2.75, 3.05) is 13.1 Å². The maximum absolute atomic E-state index is 5.56. The van der Waals surface area contributed by atoms with Crippen LogP contribution < -0.4 is 0 Å². The number of nitrogens with zero attached hydrogens (tertiary/aromatic N) is 1. The van der Waals surface area contributed by atoms with E-state index in [0.717, 1.165) is 6.42 Å². The van der Waals surface area contributed by atoms with Gasteiger partial charge in [0.1, 0.15) is 6.23 Å². The Morgan fingerprint density at radius 1 is 1.08 bits per heavy atom. The molecule has 2 atom stereocenters. The van der Waals surface area contributed by atoms with Crippen LogP contribution in [0.25, 0.3) is 0 Å². The summed E-state index contributed by atoms with van der Waals surface area (Å²) in [5, 5.41) is 0. The first-order chi connectivity index (χ1) is 5.83. The molecule has 0 aromatic rings. The summed E-state index contributed by atoms with van der Waals surface area (Å²) in [6.07, 6.45) is 4.61. The fourth-order valence-corrected chi connectivity index (χ4v) is 1.69. The third-order valence-electron chi connectivity index (χ3n) is 2.34. The van der Waals surface area contributed by atoms with E-state index in [4.69, 9.17) is 4.74 Å². The molecule has 1 unspecified atom stereocenters. The molecule has 0 amide bonds. The maximum Gasteiger partial charge on any atom is 0.137 e. The van der Waals surface area contributed by atoms with Crippen LogP contribution in [0.5, 0.6) is 0 Å². The summed E-state index contributed by atoms with van der Waals surface area (Å²) in [5.74, 6) is 0. The molecule has 2 heteroatoms. The van der Waals surface area contributed by atoms with Crippen molar-refractivity contribution < 1.29 is 4.74 Å². The van der Waals surface area contributed by atoms with Crippen LogP contribution in [0.3, 0.4) is 0 Å². The quantitative estimate of drug-likeness (QED) is 0.570. The molecule has 0 bridgehead atoms. The van der Waals surface area contributed by atoms with Crippen molar-refractivity contribution in [1.82, 2.24) is 4.90 Å². The van der Waals surface area contributed by atoms with Gasteiger partial charge in [-0.05, 0) is 19.3 Å². The Kier molecular flexibility index (Phi) is 4.02. The van der Waals surface area contributed by atoms with E-state index >= 15 is 0 Å². The van der Waals surface area contributed by atoms with Gasteiger partial charge in [0.15, 0.2) is 0 Å². The Morgan fingerprint density at radius 2 is 1.67 bits per heavy atom.